The first-order valence-electron chi connectivity index (χ1n) is 13.9. The molecule has 0 radical (unpaired) electrons. The molecule has 2 aromatic carbocycles. The first-order chi connectivity index (χ1) is 21.3. The zero-order valence-electron chi connectivity index (χ0n) is 24.5. The molecule has 5 aromatic rings. The third kappa shape index (κ3) is 5.40. The Morgan fingerprint density at radius 3 is 2.48 bits per heavy atom. The molecule has 0 atom stereocenters. The lowest BCUT2D eigenvalue weighted by Gasteiger charge is -2.30. The zero-order chi connectivity index (χ0) is 31.0. The first-order valence-corrected chi connectivity index (χ1v) is 14.7. The van der Waals surface area contributed by atoms with E-state index in [1.165, 1.54) is 20.3 Å². The Morgan fingerprint density at radius 1 is 1.07 bits per heavy atom. The maximum atomic E-state index is 12.5. The second-order valence-electron chi connectivity index (χ2n) is 10.3. The number of methoxy groups -OCH3 is 2. The maximum Gasteiger partial charge on any atom is 0.229 e. The van der Waals surface area contributed by atoms with Gasteiger partial charge in [0.25, 0.3) is 0 Å². The van der Waals surface area contributed by atoms with Gasteiger partial charge in [0, 0.05) is 72.1 Å². The number of anilines is 3. The van der Waals surface area contributed by atoms with E-state index < -0.39 is 0 Å². The third-order valence-electron chi connectivity index (χ3n) is 7.66. The highest BCUT2D eigenvalue weighted by molar-refractivity contribution is 6.41. The monoisotopic (exact) mass is 632 g/mol. The summed E-state index contributed by atoms with van der Waals surface area (Å²) in [6.07, 6.45) is 6.75. The van der Waals surface area contributed by atoms with Gasteiger partial charge >= 0.3 is 0 Å². The lowest BCUT2D eigenvalue weighted by atomic mass is 10.0. The van der Waals surface area contributed by atoms with Crippen LogP contribution in [0.25, 0.3) is 27.8 Å². The van der Waals surface area contributed by atoms with E-state index in [4.69, 9.17) is 42.4 Å². The predicted octanol–water partition coefficient (Wildman–Crippen LogP) is 6.45. The normalized spacial score (nSPS) is 13.3. The molecule has 1 N–H and O–H groups in total. The van der Waals surface area contributed by atoms with Crippen LogP contribution in [-0.4, -0.2) is 65.7 Å². The van der Waals surface area contributed by atoms with Gasteiger partial charge in [-0.1, -0.05) is 29.8 Å². The van der Waals surface area contributed by atoms with Gasteiger partial charge in [0.1, 0.15) is 17.1 Å². The molecule has 1 saturated heterocycles. The van der Waals surface area contributed by atoms with Crippen molar-refractivity contribution in [2.45, 2.75) is 13.3 Å². The molecule has 1 fully saturated rings. The highest BCUT2D eigenvalue weighted by Gasteiger charge is 2.23. The van der Waals surface area contributed by atoms with E-state index in [9.17, 15) is 4.79 Å². The number of aromatic nitrogens is 4. The summed E-state index contributed by atoms with van der Waals surface area (Å²) < 4.78 is 18.3. The van der Waals surface area contributed by atoms with Gasteiger partial charge in [-0.2, -0.15) is 4.98 Å². The van der Waals surface area contributed by atoms with Crippen LogP contribution in [0.1, 0.15) is 11.1 Å². The second-order valence-corrected chi connectivity index (χ2v) is 11.1. The molecule has 0 amide bonds. The van der Waals surface area contributed by atoms with Crippen molar-refractivity contribution in [3.05, 3.63) is 76.7 Å². The molecule has 0 unspecified atom stereocenters. The van der Waals surface area contributed by atoms with Crippen LogP contribution in [-0.2, 0) is 16.0 Å². The number of carbonyl (C=O) groups is 1. The van der Waals surface area contributed by atoms with Gasteiger partial charge in [0.15, 0.2) is 11.4 Å². The first kappa shape index (κ1) is 29.7. The zero-order valence-corrected chi connectivity index (χ0v) is 26.0. The number of hydrogen-bond donors (Lipinski definition) is 1. The van der Waals surface area contributed by atoms with Crippen LogP contribution < -0.4 is 19.7 Å². The summed E-state index contributed by atoms with van der Waals surface area (Å²) in [5.41, 5.74) is 6.01. The number of carbonyl (C=O) groups excluding carboxylic acids is 1. The molecule has 1 aliphatic rings. The van der Waals surface area contributed by atoms with E-state index in [1.54, 1.807) is 18.5 Å². The average molecular weight is 634 g/mol. The van der Waals surface area contributed by atoms with Crippen LogP contribution in [0.5, 0.6) is 11.5 Å². The Balaban J connectivity index is 1.45. The summed E-state index contributed by atoms with van der Waals surface area (Å²) in [5.74, 6) is 1.13. The van der Waals surface area contributed by atoms with Crippen LogP contribution in [0.4, 0.5) is 17.3 Å². The van der Waals surface area contributed by atoms with E-state index >= 15 is 0 Å². The molecule has 0 spiro atoms. The molecule has 0 bridgehead atoms. The third-order valence-corrected chi connectivity index (χ3v) is 8.41. The summed E-state index contributed by atoms with van der Waals surface area (Å²) in [7, 11) is 3.06. The number of nitrogens with zero attached hydrogens (tertiary/aromatic N) is 5. The SMILES string of the molecule is C=CC(=O)Cc1cc(N2CCOCC2)cc(C)c1Nc1ncc2cc(-c3c(Cl)c(OC)cc(OC)c3Cl)c3nccn3c2n1. The van der Waals surface area contributed by atoms with Crippen molar-refractivity contribution in [3.8, 4) is 22.6 Å². The van der Waals surface area contributed by atoms with Crippen molar-refractivity contribution in [2.24, 2.45) is 0 Å². The summed E-state index contributed by atoms with van der Waals surface area (Å²) in [6.45, 7) is 8.58. The van der Waals surface area contributed by atoms with E-state index in [2.05, 4.69) is 32.8 Å². The number of halogens is 2. The Kier molecular flexibility index (Phi) is 8.31. The van der Waals surface area contributed by atoms with Gasteiger partial charge in [-0.05, 0) is 42.3 Å². The minimum atomic E-state index is -0.0786. The largest absolute Gasteiger partial charge is 0.495 e. The minimum Gasteiger partial charge on any atom is -0.495 e. The van der Waals surface area contributed by atoms with Crippen molar-refractivity contribution in [1.29, 1.82) is 0 Å². The Labute approximate surface area is 264 Å². The van der Waals surface area contributed by atoms with Gasteiger partial charge < -0.3 is 24.4 Å². The number of ketones is 1. The fourth-order valence-electron chi connectivity index (χ4n) is 5.47. The fraction of sp³-hybridized carbons (Fsp3) is 0.250. The molecule has 3 aromatic heterocycles. The highest BCUT2D eigenvalue weighted by Crippen LogP contribution is 2.47. The number of aryl methyl sites for hydroxylation is 1. The van der Waals surface area contributed by atoms with Crippen LogP contribution >= 0.6 is 23.2 Å². The number of pyridine rings is 1. The number of imidazole rings is 1. The van der Waals surface area contributed by atoms with Crippen molar-refractivity contribution >= 4 is 63.0 Å². The average Bonchev–Trinajstić information content (AvgIpc) is 3.54. The standard InChI is InChI=1S/C32H30Cl2N6O4/c1-5-22(41)14-19-13-21(39-8-10-44-11-9-39)12-18(2)29(19)37-32-36-17-20-15-23(31-35-6-7-40(31)30(20)38-32)26-27(33)24(42-3)16-25(43-4)28(26)34/h5-7,12-13,15-17H,1,8-11,14H2,2-4H3,(H,36,37,38). The number of hydrogen-bond acceptors (Lipinski definition) is 9. The van der Waals surface area contributed by atoms with E-state index in [0.29, 0.717) is 63.1 Å². The van der Waals surface area contributed by atoms with Gasteiger partial charge in [0.2, 0.25) is 5.95 Å². The number of benzene rings is 2. The number of morpholine rings is 1. The molecule has 226 valence electrons. The maximum absolute atomic E-state index is 12.5. The van der Waals surface area contributed by atoms with Crippen LogP contribution in [0.2, 0.25) is 10.0 Å². The number of ether oxygens (including phenoxy) is 3. The molecule has 44 heavy (non-hydrogen) atoms. The number of nitrogens with one attached hydrogen (secondary N) is 1. The van der Waals surface area contributed by atoms with E-state index in [1.807, 2.05) is 29.7 Å². The molecule has 0 saturated carbocycles. The Morgan fingerprint density at radius 2 is 1.80 bits per heavy atom. The minimum absolute atomic E-state index is 0.0786. The van der Waals surface area contributed by atoms with Crippen molar-refractivity contribution < 1.29 is 19.0 Å². The molecule has 1 aliphatic heterocycles. The summed E-state index contributed by atoms with van der Waals surface area (Å²) in [6, 6.07) is 7.68. The lowest BCUT2D eigenvalue weighted by molar-refractivity contribution is -0.114. The van der Waals surface area contributed by atoms with E-state index in [0.717, 1.165) is 41.0 Å². The van der Waals surface area contributed by atoms with Gasteiger partial charge in [0.05, 0.1) is 37.5 Å². The predicted molar refractivity (Wildman–Crippen MR) is 173 cm³/mol. The van der Waals surface area contributed by atoms with Crippen LogP contribution in [0.15, 0.2) is 55.5 Å². The number of fused-ring (bicyclic) bond motifs is 3. The molecule has 0 aliphatic carbocycles. The summed E-state index contributed by atoms with van der Waals surface area (Å²) in [5, 5.41) is 4.78. The van der Waals surface area contributed by atoms with E-state index in [-0.39, 0.29) is 12.2 Å². The summed E-state index contributed by atoms with van der Waals surface area (Å²) in [4.78, 5) is 28.9. The van der Waals surface area contributed by atoms with Gasteiger partial charge in [-0.15, -0.1) is 0 Å². The smallest absolute Gasteiger partial charge is 0.229 e. The lowest BCUT2D eigenvalue weighted by Crippen LogP contribution is -2.36. The molecular weight excluding hydrogens is 603 g/mol. The molecule has 4 heterocycles. The quantitative estimate of drug-likeness (QED) is 0.183. The molecule has 12 heteroatoms. The molecular formula is C32H30Cl2N6O4. The second kappa shape index (κ2) is 12.3. The topological polar surface area (TPSA) is 103 Å². The summed E-state index contributed by atoms with van der Waals surface area (Å²) >= 11 is 13.5. The number of allylic oxidation sites excluding steroid dienone is 1. The van der Waals surface area contributed by atoms with Crippen molar-refractivity contribution in [3.63, 3.8) is 0 Å². The van der Waals surface area contributed by atoms with Crippen LogP contribution in [0.3, 0.4) is 0 Å². The molecule has 10 nitrogen and oxygen atoms in total. The molecule has 6 rings (SSSR count). The van der Waals surface area contributed by atoms with Crippen molar-refractivity contribution in [1.82, 2.24) is 19.4 Å². The fourth-order valence-corrected chi connectivity index (χ4v) is 6.17. The van der Waals surface area contributed by atoms with Crippen molar-refractivity contribution in [2.75, 3.05) is 50.7 Å². The van der Waals surface area contributed by atoms with Gasteiger partial charge in [-0.25, -0.2) is 9.97 Å². The van der Waals surface area contributed by atoms with Crippen LogP contribution in [0, 0.1) is 6.92 Å². The van der Waals surface area contributed by atoms with Gasteiger partial charge in [-0.3, -0.25) is 9.20 Å². The number of rotatable bonds is 9. The Bertz CT molecular complexity index is 1890. The Hall–Kier alpha value is -4.38. The highest BCUT2D eigenvalue weighted by atomic mass is 35.5.